The van der Waals surface area contributed by atoms with Crippen LogP contribution in [-0.2, 0) is 6.54 Å². The molecule has 5 rings (SSSR count). The number of hydrogen-bond donors (Lipinski definition) is 0. The minimum absolute atomic E-state index is 0.0612. The first-order valence-corrected chi connectivity index (χ1v) is 12.2. The lowest BCUT2D eigenvalue weighted by atomic mass is 9.97. The van der Waals surface area contributed by atoms with E-state index in [1.807, 2.05) is 44.2 Å². The summed E-state index contributed by atoms with van der Waals surface area (Å²) in [5.41, 5.74) is 4.02. The zero-order valence-electron chi connectivity index (χ0n) is 20.6. The Morgan fingerprint density at radius 1 is 0.972 bits per heavy atom. The molecule has 0 radical (unpaired) electrons. The summed E-state index contributed by atoms with van der Waals surface area (Å²) in [6.45, 7) is 6.83. The highest BCUT2D eigenvalue weighted by atomic mass is 19.1. The molecule has 0 bridgehead atoms. The minimum Gasteiger partial charge on any atom is -0.494 e. The third-order valence-electron chi connectivity index (χ3n) is 6.81. The summed E-state index contributed by atoms with van der Waals surface area (Å²) in [6.07, 6.45) is 2.00. The van der Waals surface area contributed by atoms with E-state index >= 15 is 0 Å². The first-order chi connectivity index (χ1) is 17.4. The Bertz CT molecular complexity index is 1490. The highest BCUT2D eigenvalue weighted by Gasteiger charge is 2.42. The van der Waals surface area contributed by atoms with E-state index in [0.717, 1.165) is 40.8 Å². The van der Waals surface area contributed by atoms with Gasteiger partial charge in [0.15, 0.2) is 5.43 Å². The van der Waals surface area contributed by atoms with Crippen LogP contribution in [0.15, 0.2) is 69.9 Å². The summed E-state index contributed by atoms with van der Waals surface area (Å²) in [7, 11) is 0. The maximum absolute atomic E-state index is 13.8. The molecule has 1 aromatic heterocycles. The largest absolute Gasteiger partial charge is 0.494 e. The van der Waals surface area contributed by atoms with Gasteiger partial charge in [-0.25, -0.2) is 4.39 Å². The van der Waals surface area contributed by atoms with Crippen molar-refractivity contribution in [3.63, 3.8) is 0 Å². The Morgan fingerprint density at radius 2 is 1.67 bits per heavy atom. The van der Waals surface area contributed by atoms with Gasteiger partial charge in [0.05, 0.1) is 23.6 Å². The van der Waals surface area contributed by atoms with Crippen molar-refractivity contribution in [2.24, 2.45) is 0 Å². The molecule has 1 atom stereocenters. The zero-order chi connectivity index (χ0) is 25.4. The second-order valence-electron chi connectivity index (χ2n) is 9.34. The molecule has 0 N–H and O–H groups in total. The number of amides is 1. The molecule has 0 saturated heterocycles. The van der Waals surface area contributed by atoms with Gasteiger partial charge in [0.25, 0.3) is 5.91 Å². The number of ether oxygens (including phenoxy) is 1. The SMILES string of the molecule is CCCCOc1ccc(C2c3c(oc4cc(C)c(C)cc4c3=O)C(=O)N2Cc2ccc(F)cc2)cc1. The van der Waals surface area contributed by atoms with Crippen LogP contribution < -0.4 is 10.2 Å². The molecule has 3 aromatic carbocycles. The fourth-order valence-corrected chi connectivity index (χ4v) is 4.65. The molecule has 0 fully saturated rings. The van der Waals surface area contributed by atoms with E-state index in [2.05, 4.69) is 6.92 Å². The molecule has 4 aromatic rings. The molecule has 1 amide bonds. The van der Waals surface area contributed by atoms with Gasteiger partial charge in [-0.3, -0.25) is 9.59 Å². The summed E-state index contributed by atoms with van der Waals surface area (Å²) in [5, 5.41) is 0.456. The van der Waals surface area contributed by atoms with Gasteiger partial charge in [-0.2, -0.15) is 0 Å². The number of carbonyl (C=O) groups excluding carboxylic acids is 1. The lowest BCUT2D eigenvalue weighted by Crippen LogP contribution is -2.29. The number of benzene rings is 3. The molecule has 2 heterocycles. The Morgan fingerprint density at radius 3 is 2.36 bits per heavy atom. The van der Waals surface area contributed by atoms with E-state index in [4.69, 9.17) is 9.15 Å². The summed E-state index contributed by atoms with van der Waals surface area (Å²) in [4.78, 5) is 29.0. The molecular formula is C30H28FNO4. The smallest absolute Gasteiger partial charge is 0.291 e. The third-order valence-corrected chi connectivity index (χ3v) is 6.81. The molecule has 0 spiro atoms. The molecule has 5 nitrogen and oxygen atoms in total. The van der Waals surface area contributed by atoms with Crippen LogP contribution in [0, 0.1) is 19.7 Å². The monoisotopic (exact) mass is 485 g/mol. The molecule has 1 aliphatic heterocycles. The normalized spacial score (nSPS) is 14.9. The van der Waals surface area contributed by atoms with E-state index in [1.54, 1.807) is 23.1 Å². The molecule has 0 aliphatic carbocycles. The van der Waals surface area contributed by atoms with Gasteiger partial charge in [0.1, 0.15) is 17.1 Å². The van der Waals surface area contributed by atoms with Crippen molar-refractivity contribution in [2.45, 2.75) is 46.2 Å². The van der Waals surface area contributed by atoms with Gasteiger partial charge in [0, 0.05) is 6.54 Å². The van der Waals surface area contributed by atoms with Crippen LogP contribution in [0.1, 0.15) is 64.2 Å². The quantitative estimate of drug-likeness (QED) is 0.281. The lowest BCUT2D eigenvalue weighted by molar-refractivity contribution is 0.0714. The second kappa shape index (κ2) is 9.61. The molecule has 36 heavy (non-hydrogen) atoms. The fourth-order valence-electron chi connectivity index (χ4n) is 4.65. The molecule has 6 heteroatoms. The Hall–Kier alpha value is -3.93. The predicted octanol–water partition coefficient (Wildman–Crippen LogP) is 6.47. The fraction of sp³-hybridized carbons (Fsp3) is 0.267. The topological polar surface area (TPSA) is 59.8 Å². The van der Waals surface area contributed by atoms with Gasteiger partial charge in [0.2, 0.25) is 5.76 Å². The number of rotatable bonds is 7. The van der Waals surface area contributed by atoms with Gasteiger partial charge in [-0.15, -0.1) is 0 Å². The number of nitrogens with zero attached hydrogens (tertiary/aromatic N) is 1. The van der Waals surface area contributed by atoms with E-state index in [1.165, 1.54) is 12.1 Å². The first-order valence-electron chi connectivity index (χ1n) is 12.2. The summed E-state index contributed by atoms with van der Waals surface area (Å²) < 4.78 is 25.4. The third kappa shape index (κ3) is 4.28. The van der Waals surface area contributed by atoms with Crippen LogP contribution in [0.5, 0.6) is 5.75 Å². The number of aryl methyl sites for hydroxylation is 2. The number of hydrogen-bond acceptors (Lipinski definition) is 4. The van der Waals surface area contributed by atoms with Crippen LogP contribution >= 0.6 is 0 Å². The van der Waals surface area contributed by atoms with Gasteiger partial charge in [-0.1, -0.05) is 37.6 Å². The van der Waals surface area contributed by atoms with Crippen LogP contribution in [0.2, 0.25) is 0 Å². The van der Waals surface area contributed by atoms with E-state index in [9.17, 15) is 14.0 Å². The van der Waals surface area contributed by atoms with Crippen molar-refractivity contribution >= 4 is 16.9 Å². The van der Waals surface area contributed by atoms with Crippen LogP contribution in [0.3, 0.4) is 0 Å². The standard InChI is InChI=1S/C30H28FNO4/c1-4-5-14-35-23-12-8-21(9-13-23)27-26-28(33)24-15-18(2)19(3)16-25(24)36-29(26)30(34)32(27)17-20-6-10-22(31)11-7-20/h6-13,15-16,27H,4-5,14,17H2,1-3H3. The van der Waals surface area contributed by atoms with Crippen LogP contribution in [-0.4, -0.2) is 17.4 Å². The van der Waals surface area contributed by atoms with Crippen molar-refractivity contribution < 1.29 is 18.3 Å². The zero-order valence-corrected chi connectivity index (χ0v) is 20.6. The summed E-state index contributed by atoms with van der Waals surface area (Å²) in [5.74, 6) is 0.0864. The first kappa shape index (κ1) is 23.8. The maximum atomic E-state index is 13.8. The van der Waals surface area contributed by atoms with Crippen molar-refractivity contribution in [2.75, 3.05) is 6.61 Å². The Kier molecular flexibility index (Phi) is 6.35. The lowest BCUT2D eigenvalue weighted by Gasteiger charge is -2.25. The van der Waals surface area contributed by atoms with Crippen molar-refractivity contribution in [3.8, 4) is 5.75 Å². The average Bonchev–Trinajstić information content (AvgIpc) is 3.14. The van der Waals surface area contributed by atoms with Crippen molar-refractivity contribution in [1.82, 2.24) is 4.90 Å². The summed E-state index contributed by atoms with van der Waals surface area (Å²) in [6, 6.07) is 16.5. The molecular weight excluding hydrogens is 457 g/mol. The number of fused-ring (bicyclic) bond motifs is 2. The number of halogens is 1. The Labute approximate surface area is 209 Å². The molecule has 1 aliphatic rings. The average molecular weight is 486 g/mol. The van der Waals surface area contributed by atoms with Crippen molar-refractivity contribution in [3.05, 3.63) is 110 Å². The maximum Gasteiger partial charge on any atom is 0.291 e. The summed E-state index contributed by atoms with van der Waals surface area (Å²) >= 11 is 0. The number of carbonyl (C=O) groups is 1. The van der Waals surface area contributed by atoms with Crippen LogP contribution in [0.4, 0.5) is 4.39 Å². The van der Waals surface area contributed by atoms with Crippen LogP contribution in [0.25, 0.3) is 11.0 Å². The Balaban J connectivity index is 1.62. The highest BCUT2D eigenvalue weighted by Crippen LogP contribution is 2.39. The second-order valence-corrected chi connectivity index (χ2v) is 9.34. The predicted molar refractivity (Wildman–Crippen MR) is 137 cm³/mol. The van der Waals surface area contributed by atoms with E-state index in [0.29, 0.717) is 23.1 Å². The van der Waals surface area contributed by atoms with Gasteiger partial charge >= 0.3 is 0 Å². The highest BCUT2D eigenvalue weighted by molar-refractivity contribution is 5.99. The van der Waals surface area contributed by atoms with Gasteiger partial charge in [-0.05, 0) is 78.9 Å². The molecule has 184 valence electrons. The van der Waals surface area contributed by atoms with Gasteiger partial charge < -0.3 is 14.1 Å². The molecule has 0 saturated carbocycles. The van der Waals surface area contributed by atoms with E-state index in [-0.39, 0.29) is 29.5 Å². The van der Waals surface area contributed by atoms with E-state index < -0.39 is 6.04 Å². The number of unbranched alkanes of at least 4 members (excludes halogenated alkanes) is 1. The van der Waals surface area contributed by atoms with Crippen molar-refractivity contribution in [1.29, 1.82) is 0 Å². The minimum atomic E-state index is -0.635. The molecule has 1 unspecified atom stereocenters.